The van der Waals surface area contributed by atoms with Crippen LogP contribution in [0.25, 0.3) is 0 Å². The van der Waals surface area contributed by atoms with Crippen LogP contribution in [0.4, 0.5) is 0 Å². The fraction of sp³-hybridized carbons (Fsp3) is 0.286. The first-order valence-corrected chi connectivity index (χ1v) is 6.97. The summed E-state index contributed by atoms with van der Waals surface area (Å²) in [7, 11) is 0. The zero-order chi connectivity index (χ0) is 12.5. The molecule has 1 aliphatic rings. The number of rotatable bonds is 2. The molecule has 0 aliphatic carbocycles. The molecule has 0 amide bonds. The van der Waals surface area contributed by atoms with Crippen LogP contribution in [0.2, 0.25) is 0 Å². The maximum atomic E-state index is 11.9. The number of fused-ring (bicyclic) bond motifs is 1. The van der Waals surface area contributed by atoms with Crippen molar-refractivity contribution in [1.82, 2.24) is 9.55 Å². The molecule has 0 radical (unpaired) electrons. The van der Waals surface area contributed by atoms with E-state index in [1.165, 1.54) is 10.5 Å². The van der Waals surface area contributed by atoms with Crippen molar-refractivity contribution in [3.8, 4) is 0 Å². The van der Waals surface area contributed by atoms with Crippen LogP contribution in [0.3, 0.4) is 0 Å². The minimum absolute atomic E-state index is 0.0388. The van der Waals surface area contributed by atoms with E-state index in [0.717, 1.165) is 18.0 Å². The minimum Gasteiger partial charge on any atom is -0.299 e. The SMILES string of the molecule is Cc1cc(=O)n(CC2CSc3ccccc32)cn1. The van der Waals surface area contributed by atoms with Gasteiger partial charge in [0.25, 0.3) is 5.56 Å². The molecule has 1 aliphatic heterocycles. The molecule has 1 aromatic heterocycles. The Balaban J connectivity index is 1.89. The smallest absolute Gasteiger partial charge is 0.253 e. The molecular weight excluding hydrogens is 244 g/mol. The molecule has 1 aromatic carbocycles. The second-order valence-corrected chi connectivity index (χ2v) is 5.63. The van der Waals surface area contributed by atoms with Crippen molar-refractivity contribution in [2.75, 3.05) is 5.75 Å². The second-order valence-electron chi connectivity index (χ2n) is 4.57. The second kappa shape index (κ2) is 4.61. The summed E-state index contributed by atoms with van der Waals surface area (Å²) in [6.07, 6.45) is 1.66. The Morgan fingerprint density at radius 1 is 1.44 bits per heavy atom. The molecule has 1 unspecified atom stereocenters. The van der Waals surface area contributed by atoms with E-state index in [2.05, 4.69) is 29.2 Å². The monoisotopic (exact) mass is 258 g/mol. The molecule has 1 atom stereocenters. The summed E-state index contributed by atoms with van der Waals surface area (Å²) in [6, 6.07) is 10.0. The van der Waals surface area contributed by atoms with E-state index in [-0.39, 0.29) is 5.56 Å². The zero-order valence-electron chi connectivity index (χ0n) is 10.2. The van der Waals surface area contributed by atoms with Crippen molar-refractivity contribution in [2.45, 2.75) is 24.3 Å². The maximum absolute atomic E-state index is 11.9. The molecule has 3 nitrogen and oxygen atoms in total. The molecule has 0 spiro atoms. The van der Waals surface area contributed by atoms with Gasteiger partial charge in [-0.15, -0.1) is 11.8 Å². The fourth-order valence-corrected chi connectivity index (χ4v) is 3.51. The Morgan fingerprint density at radius 3 is 3.11 bits per heavy atom. The molecule has 0 saturated heterocycles. The molecule has 0 N–H and O–H groups in total. The summed E-state index contributed by atoms with van der Waals surface area (Å²) >= 11 is 1.87. The van der Waals surface area contributed by atoms with Crippen molar-refractivity contribution in [2.24, 2.45) is 0 Å². The van der Waals surface area contributed by atoms with Gasteiger partial charge in [0.15, 0.2) is 0 Å². The van der Waals surface area contributed by atoms with Gasteiger partial charge in [0.1, 0.15) is 0 Å². The van der Waals surface area contributed by atoms with Crippen molar-refractivity contribution < 1.29 is 0 Å². The first-order chi connectivity index (χ1) is 8.74. The normalized spacial score (nSPS) is 17.7. The van der Waals surface area contributed by atoms with Gasteiger partial charge in [-0.3, -0.25) is 9.36 Å². The zero-order valence-corrected chi connectivity index (χ0v) is 11.0. The molecule has 18 heavy (non-hydrogen) atoms. The van der Waals surface area contributed by atoms with Crippen LogP contribution in [0.5, 0.6) is 0 Å². The van der Waals surface area contributed by atoms with E-state index >= 15 is 0 Å². The lowest BCUT2D eigenvalue weighted by Crippen LogP contribution is -2.23. The summed E-state index contributed by atoms with van der Waals surface area (Å²) in [4.78, 5) is 17.4. The van der Waals surface area contributed by atoms with Gasteiger partial charge >= 0.3 is 0 Å². The molecule has 4 heteroatoms. The number of hydrogen-bond donors (Lipinski definition) is 0. The number of benzene rings is 1. The third-order valence-corrected chi connectivity index (χ3v) is 4.48. The average molecular weight is 258 g/mol. The lowest BCUT2D eigenvalue weighted by atomic mass is 10.0. The largest absolute Gasteiger partial charge is 0.299 e. The third-order valence-electron chi connectivity index (χ3n) is 3.23. The molecule has 0 fully saturated rings. The van der Waals surface area contributed by atoms with Crippen molar-refractivity contribution in [1.29, 1.82) is 0 Å². The summed E-state index contributed by atoms with van der Waals surface area (Å²) in [5.41, 5.74) is 2.17. The van der Waals surface area contributed by atoms with Gasteiger partial charge < -0.3 is 0 Å². The molecule has 3 rings (SSSR count). The molecule has 2 aromatic rings. The minimum atomic E-state index is 0.0388. The Hall–Kier alpha value is -1.55. The van der Waals surface area contributed by atoms with Crippen LogP contribution in [-0.4, -0.2) is 15.3 Å². The number of nitrogens with zero attached hydrogens (tertiary/aromatic N) is 2. The quantitative estimate of drug-likeness (QED) is 0.830. The Bertz CT molecular complexity index is 636. The Kier molecular flexibility index (Phi) is 2.96. The van der Waals surface area contributed by atoms with Gasteiger partial charge in [-0.1, -0.05) is 18.2 Å². The fourth-order valence-electron chi connectivity index (χ4n) is 2.27. The number of thioether (sulfide) groups is 1. The maximum Gasteiger partial charge on any atom is 0.253 e. The number of hydrogen-bond acceptors (Lipinski definition) is 3. The standard InChI is InChI=1S/C14H14N2OS/c1-10-6-14(17)16(9-15-10)7-11-8-18-13-5-3-2-4-12(11)13/h2-6,9,11H,7-8H2,1H3. The van der Waals surface area contributed by atoms with E-state index in [1.807, 2.05) is 18.7 Å². The molecule has 0 saturated carbocycles. The average Bonchev–Trinajstić information content (AvgIpc) is 2.76. The van der Waals surface area contributed by atoms with Gasteiger partial charge in [0, 0.05) is 34.9 Å². The highest BCUT2D eigenvalue weighted by Gasteiger charge is 2.23. The van der Waals surface area contributed by atoms with Gasteiger partial charge in [0.05, 0.1) is 6.33 Å². The van der Waals surface area contributed by atoms with Gasteiger partial charge in [-0.25, -0.2) is 4.98 Å². The van der Waals surface area contributed by atoms with E-state index in [0.29, 0.717) is 5.92 Å². The van der Waals surface area contributed by atoms with Crippen LogP contribution in [0.1, 0.15) is 17.2 Å². The summed E-state index contributed by atoms with van der Waals surface area (Å²) in [5.74, 6) is 1.45. The van der Waals surface area contributed by atoms with Crippen LogP contribution in [0.15, 0.2) is 46.3 Å². The van der Waals surface area contributed by atoms with E-state index in [1.54, 1.807) is 17.0 Å². The van der Waals surface area contributed by atoms with E-state index in [4.69, 9.17) is 0 Å². The highest BCUT2D eigenvalue weighted by atomic mass is 32.2. The van der Waals surface area contributed by atoms with Gasteiger partial charge in [-0.2, -0.15) is 0 Å². The molecule has 92 valence electrons. The molecule has 2 heterocycles. The molecular formula is C14H14N2OS. The van der Waals surface area contributed by atoms with Crippen LogP contribution in [-0.2, 0) is 6.54 Å². The van der Waals surface area contributed by atoms with Crippen molar-refractivity contribution in [3.05, 3.63) is 58.3 Å². The highest BCUT2D eigenvalue weighted by molar-refractivity contribution is 7.99. The highest BCUT2D eigenvalue weighted by Crippen LogP contribution is 2.39. The lowest BCUT2D eigenvalue weighted by molar-refractivity contribution is 0.577. The van der Waals surface area contributed by atoms with E-state index < -0.39 is 0 Å². The van der Waals surface area contributed by atoms with Crippen LogP contribution >= 0.6 is 11.8 Å². The summed E-state index contributed by atoms with van der Waals surface area (Å²) in [6.45, 7) is 2.56. The summed E-state index contributed by atoms with van der Waals surface area (Å²) in [5, 5.41) is 0. The number of aromatic nitrogens is 2. The van der Waals surface area contributed by atoms with Gasteiger partial charge in [-0.05, 0) is 18.6 Å². The summed E-state index contributed by atoms with van der Waals surface area (Å²) < 4.78 is 1.71. The van der Waals surface area contributed by atoms with Crippen molar-refractivity contribution in [3.63, 3.8) is 0 Å². The number of aryl methyl sites for hydroxylation is 1. The van der Waals surface area contributed by atoms with Crippen LogP contribution in [0, 0.1) is 6.92 Å². The Labute approximate surface area is 110 Å². The van der Waals surface area contributed by atoms with Crippen LogP contribution < -0.4 is 5.56 Å². The Morgan fingerprint density at radius 2 is 2.28 bits per heavy atom. The predicted molar refractivity (Wildman–Crippen MR) is 73.1 cm³/mol. The molecule has 0 bridgehead atoms. The topological polar surface area (TPSA) is 34.9 Å². The van der Waals surface area contributed by atoms with Crippen molar-refractivity contribution >= 4 is 11.8 Å². The predicted octanol–water partition coefficient (Wildman–Crippen LogP) is 2.44. The third kappa shape index (κ3) is 2.08. The first kappa shape index (κ1) is 11.5. The van der Waals surface area contributed by atoms with Gasteiger partial charge in [0.2, 0.25) is 0 Å². The van der Waals surface area contributed by atoms with E-state index in [9.17, 15) is 4.79 Å². The first-order valence-electron chi connectivity index (χ1n) is 5.99. The lowest BCUT2D eigenvalue weighted by Gasteiger charge is -2.12.